The Morgan fingerprint density at radius 1 is 1.35 bits per heavy atom. The van der Waals surface area contributed by atoms with Crippen LogP contribution in [0.5, 0.6) is 11.6 Å². The van der Waals surface area contributed by atoms with Crippen LogP contribution in [0.1, 0.15) is 22.8 Å². The lowest BCUT2D eigenvalue weighted by atomic mass is 10.1. The van der Waals surface area contributed by atoms with Crippen molar-refractivity contribution in [3.8, 4) is 11.6 Å². The Kier molecular flexibility index (Phi) is 5.51. The highest BCUT2D eigenvalue weighted by molar-refractivity contribution is 5.96. The average molecular weight is 318 g/mol. The number of hydrogen-bond donors (Lipinski definition) is 0. The SMILES string of the molecule is CCOc1ncccc1C(=O)N(C)Cc1ccc(OC)c(F)c1. The molecule has 0 unspecified atom stereocenters. The van der Waals surface area contributed by atoms with Crippen LogP contribution in [0.15, 0.2) is 36.5 Å². The Morgan fingerprint density at radius 2 is 2.13 bits per heavy atom. The van der Waals surface area contributed by atoms with Gasteiger partial charge in [0.25, 0.3) is 5.91 Å². The third kappa shape index (κ3) is 3.97. The van der Waals surface area contributed by atoms with Gasteiger partial charge in [0.1, 0.15) is 5.56 Å². The fourth-order valence-corrected chi connectivity index (χ4v) is 2.16. The van der Waals surface area contributed by atoms with Gasteiger partial charge in [0.05, 0.1) is 13.7 Å². The number of ether oxygens (including phenoxy) is 2. The number of nitrogens with zero attached hydrogens (tertiary/aromatic N) is 2. The van der Waals surface area contributed by atoms with Gasteiger partial charge in [-0.05, 0) is 36.8 Å². The zero-order valence-electron chi connectivity index (χ0n) is 13.4. The lowest BCUT2D eigenvalue weighted by Crippen LogP contribution is -2.27. The van der Waals surface area contributed by atoms with Crippen molar-refractivity contribution in [3.63, 3.8) is 0 Å². The fraction of sp³-hybridized carbons (Fsp3) is 0.294. The summed E-state index contributed by atoms with van der Waals surface area (Å²) in [5.41, 5.74) is 1.05. The summed E-state index contributed by atoms with van der Waals surface area (Å²) in [4.78, 5) is 18.1. The van der Waals surface area contributed by atoms with Crippen LogP contribution in [-0.2, 0) is 6.54 Å². The van der Waals surface area contributed by atoms with Gasteiger partial charge < -0.3 is 14.4 Å². The van der Waals surface area contributed by atoms with E-state index in [2.05, 4.69) is 4.98 Å². The molecule has 0 saturated heterocycles. The third-order valence-corrected chi connectivity index (χ3v) is 3.27. The van der Waals surface area contributed by atoms with Crippen LogP contribution < -0.4 is 9.47 Å². The van der Waals surface area contributed by atoms with Crippen molar-refractivity contribution in [2.24, 2.45) is 0 Å². The van der Waals surface area contributed by atoms with Gasteiger partial charge in [-0.25, -0.2) is 9.37 Å². The van der Waals surface area contributed by atoms with Gasteiger partial charge in [0.15, 0.2) is 11.6 Å². The number of rotatable bonds is 6. The molecule has 0 atom stereocenters. The van der Waals surface area contributed by atoms with E-state index in [1.807, 2.05) is 6.92 Å². The van der Waals surface area contributed by atoms with E-state index in [0.717, 1.165) is 0 Å². The van der Waals surface area contributed by atoms with Crippen LogP contribution in [0, 0.1) is 5.82 Å². The van der Waals surface area contributed by atoms with Crippen molar-refractivity contribution in [1.82, 2.24) is 9.88 Å². The van der Waals surface area contributed by atoms with Crippen LogP contribution in [0.25, 0.3) is 0 Å². The van der Waals surface area contributed by atoms with Crippen LogP contribution in [0.2, 0.25) is 0 Å². The summed E-state index contributed by atoms with van der Waals surface area (Å²) < 4.78 is 24.0. The van der Waals surface area contributed by atoms with E-state index in [1.54, 1.807) is 37.5 Å². The van der Waals surface area contributed by atoms with Crippen molar-refractivity contribution in [2.45, 2.75) is 13.5 Å². The minimum absolute atomic E-state index is 0.175. The topological polar surface area (TPSA) is 51.7 Å². The molecule has 2 rings (SSSR count). The van der Waals surface area contributed by atoms with E-state index in [-0.39, 0.29) is 18.2 Å². The zero-order chi connectivity index (χ0) is 16.8. The maximum Gasteiger partial charge on any atom is 0.259 e. The lowest BCUT2D eigenvalue weighted by Gasteiger charge is -2.19. The van der Waals surface area contributed by atoms with Crippen molar-refractivity contribution >= 4 is 5.91 Å². The second-order valence-corrected chi connectivity index (χ2v) is 4.92. The molecule has 0 radical (unpaired) electrons. The Labute approximate surface area is 134 Å². The van der Waals surface area contributed by atoms with E-state index in [9.17, 15) is 9.18 Å². The molecule has 23 heavy (non-hydrogen) atoms. The third-order valence-electron chi connectivity index (χ3n) is 3.27. The van der Waals surface area contributed by atoms with Gasteiger partial charge >= 0.3 is 0 Å². The molecule has 1 aromatic heterocycles. The molecular weight excluding hydrogens is 299 g/mol. The number of hydrogen-bond acceptors (Lipinski definition) is 4. The van der Waals surface area contributed by atoms with Gasteiger partial charge in [-0.1, -0.05) is 6.07 Å². The normalized spacial score (nSPS) is 10.3. The lowest BCUT2D eigenvalue weighted by molar-refractivity contribution is 0.0779. The van der Waals surface area contributed by atoms with Gasteiger partial charge in [-0.15, -0.1) is 0 Å². The summed E-state index contributed by atoms with van der Waals surface area (Å²) >= 11 is 0. The molecule has 0 spiro atoms. The van der Waals surface area contributed by atoms with Crippen LogP contribution in [0.4, 0.5) is 4.39 Å². The van der Waals surface area contributed by atoms with Crippen molar-refractivity contribution in [3.05, 3.63) is 53.5 Å². The average Bonchev–Trinajstić information content (AvgIpc) is 2.55. The smallest absolute Gasteiger partial charge is 0.259 e. The first kappa shape index (κ1) is 16.7. The minimum atomic E-state index is -0.456. The van der Waals surface area contributed by atoms with Crippen molar-refractivity contribution in [1.29, 1.82) is 0 Å². The molecule has 122 valence electrons. The summed E-state index contributed by atoms with van der Waals surface area (Å²) in [6.07, 6.45) is 1.57. The quantitative estimate of drug-likeness (QED) is 0.822. The second kappa shape index (κ2) is 7.58. The number of amides is 1. The highest BCUT2D eigenvalue weighted by atomic mass is 19.1. The van der Waals surface area contributed by atoms with Gasteiger partial charge in [0, 0.05) is 19.8 Å². The molecule has 1 amide bonds. The number of halogens is 1. The number of aromatic nitrogens is 1. The Hall–Kier alpha value is -2.63. The van der Waals surface area contributed by atoms with Crippen LogP contribution >= 0.6 is 0 Å². The molecule has 0 N–H and O–H groups in total. The first-order valence-electron chi connectivity index (χ1n) is 7.22. The molecule has 5 nitrogen and oxygen atoms in total. The molecule has 0 aliphatic rings. The summed E-state index contributed by atoms with van der Waals surface area (Å²) in [6, 6.07) is 7.95. The molecule has 1 aromatic carbocycles. The fourth-order valence-electron chi connectivity index (χ4n) is 2.16. The van der Waals surface area contributed by atoms with Crippen LogP contribution in [0.3, 0.4) is 0 Å². The Bertz CT molecular complexity index is 691. The van der Waals surface area contributed by atoms with E-state index in [4.69, 9.17) is 9.47 Å². The molecule has 0 saturated carbocycles. The summed E-state index contributed by atoms with van der Waals surface area (Å²) in [6.45, 7) is 2.51. The maximum absolute atomic E-state index is 13.7. The largest absolute Gasteiger partial charge is 0.494 e. The maximum atomic E-state index is 13.7. The first-order valence-corrected chi connectivity index (χ1v) is 7.22. The molecule has 0 fully saturated rings. The molecular formula is C17H19FN2O3. The van der Waals surface area contributed by atoms with Gasteiger partial charge in [-0.2, -0.15) is 0 Å². The Balaban J connectivity index is 2.16. The molecule has 2 aromatic rings. The standard InChI is InChI=1S/C17H19FN2O3/c1-4-23-16-13(6-5-9-19-16)17(21)20(2)11-12-7-8-15(22-3)14(18)10-12/h5-10H,4,11H2,1-3H3. The molecule has 0 bridgehead atoms. The number of pyridine rings is 1. The van der Waals surface area contributed by atoms with E-state index in [1.165, 1.54) is 18.1 Å². The predicted octanol–water partition coefficient (Wildman–Crippen LogP) is 2.90. The molecule has 6 heteroatoms. The predicted molar refractivity (Wildman–Crippen MR) is 84.2 cm³/mol. The van der Waals surface area contributed by atoms with E-state index in [0.29, 0.717) is 23.6 Å². The van der Waals surface area contributed by atoms with Gasteiger partial charge in [-0.3, -0.25) is 4.79 Å². The summed E-state index contributed by atoms with van der Waals surface area (Å²) in [7, 11) is 3.05. The van der Waals surface area contributed by atoms with Crippen molar-refractivity contribution < 1.29 is 18.7 Å². The van der Waals surface area contributed by atoms with Crippen molar-refractivity contribution in [2.75, 3.05) is 20.8 Å². The minimum Gasteiger partial charge on any atom is -0.494 e. The highest BCUT2D eigenvalue weighted by Crippen LogP contribution is 2.20. The number of benzene rings is 1. The zero-order valence-corrected chi connectivity index (χ0v) is 13.4. The molecule has 0 aliphatic carbocycles. The highest BCUT2D eigenvalue weighted by Gasteiger charge is 2.18. The number of carbonyl (C=O) groups excluding carboxylic acids is 1. The molecule has 0 aliphatic heterocycles. The first-order chi connectivity index (χ1) is 11.1. The van der Waals surface area contributed by atoms with Crippen LogP contribution in [-0.4, -0.2) is 36.6 Å². The van der Waals surface area contributed by atoms with E-state index >= 15 is 0 Å². The van der Waals surface area contributed by atoms with E-state index < -0.39 is 5.82 Å². The molecule has 1 heterocycles. The Morgan fingerprint density at radius 3 is 2.78 bits per heavy atom. The van der Waals surface area contributed by atoms with Gasteiger partial charge in [0.2, 0.25) is 5.88 Å². The monoisotopic (exact) mass is 318 g/mol. The second-order valence-electron chi connectivity index (χ2n) is 4.92. The number of methoxy groups -OCH3 is 1. The summed E-state index contributed by atoms with van der Waals surface area (Å²) in [5, 5.41) is 0. The number of carbonyl (C=O) groups is 1. The summed E-state index contributed by atoms with van der Waals surface area (Å²) in [5.74, 6) is -0.221.